The number of aliphatic hydroxyl groups is 1. The lowest BCUT2D eigenvalue weighted by Crippen LogP contribution is -2.36. The van der Waals surface area contributed by atoms with Gasteiger partial charge < -0.3 is 10.0 Å². The Morgan fingerprint density at radius 1 is 1.38 bits per heavy atom. The second kappa shape index (κ2) is 5.67. The first kappa shape index (κ1) is 13.5. The number of nitrogens with zero attached hydrogens (tertiary/aromatic N) is 1. The van der Waals surface area contributed by atoms with Crippen molar-refractivity contribution < 1.29 is 9.90 Å². The van der Waals surface area contributed by atoms with Crippen LogP contribution in [0.5, 0.6) is 0 Å². The summed E-state index contributed by atoms with van der Waals surface area (Å²) in [5.41, 5.74) is -0.705. The predicted molar refractivity (Wildman–Crippen MR) is 65.1 cm³/mol. The van der Waals surface area contributed by atoms with E-state index in [0.29, 0.717) is 12.3 Å². The standard InChI is InChI=1S/C13H25NO2/c1-11(2)6-9-14(3)12(15)10-13(16)7-4-5-8-13/h11,16H,4-10H2,1-3H3. The topological polar surface area (TPSA) is 40.5 Å². The summed E-state index contributed by atoms with van der Waals surface area (Å²) in [5.74, 6) is 0.704. The van der Waals surface area contributed by atoms with Gasteiger partial charge in [-0.05, 0) is 25.2 Å². The fourth-order valence-corrected chi connectivity index (χ4v) is 2.20. The van der Waals surface area contributed by atoms with Crippen LogP contribution in [0.2, 0.25) is 0 Å². The monoisotopic (exact) mass is 227 g/mol. The van der Waals surface area contributed by atoms with Crippen LogP contribution in [0, 0.1) is 5.92 Å². The van der Waals surface area contributed by atoms with Crippen molar-refractivity contribution >= 4 is 5.91 Å². The van der Waals surface area contributed by atoms with Crippen LogP contribution in [-0.4, -0.2) is 35.1 Å². The van der Waals surface area contributed by atoms with Crippen LogP contribution in [0.3, 0.4) is 0 Å². The van der Waals surface area contributed by atoms with Gasteiger partial charge in [-0.1, -0.05) is 26.7 Å². The van der Waals surface area contributed by atoms with E-state index in [2.05, 4.69) is 13.8 Å². The van der Waals surface area contributed by atoms with Crippen molar-refractivity contribution in [2.45, 2.75) is 58.0 Å². The van der Waals surface area contributed by atoms with Gasteiger partial charge in [-0.3, -0.25) is 4.79 Å². The normalized spacial score (nSPS) is 19.1. The highest BCUT2D eigenvalue weighted by Gasteiger charge is 2.34. The molecule has 1 amide bonds. The summed E-state index contributed by atoms with van der Waals surface area (Å²) in [4.78, 5) is 13.6. The summed E-state index contributed by atoms with van der Waals surface area (Å²) < 4.78 is 0. The van der Waals surface area contributed by atoms with Crippen LogP contribution in [0.25, 0.3) is 0 Å². The first-order valence-electron chi connectivity index (χ1n) is 6.39. The van der Waals surface area contributed by atoms with E-state index in [1.165, 1.54) is 0 Å². The highest BCUT2D eigenvalue weighted by molar-refractivity contribution is 5.77. The van der Waals surface area contributed by atoms with Gasteiger partial charge in [0.15, 0.2) is 0 Å². The SMILES string of the molecule is CC(C)CCN(C)C(=O)CC1(O)CCCC1. The highest BCUT2D eigenvalue weighted by Crippen LogP contribution is 2.32. The van der Waals surface area contributed by atoms with Gasteiger partial charge in [-0.15, -0.1) is 0 Å². The van der Waals surface area contributed by atoms with Crippen molar-refractivity contribution in [3.63, 3.8) is 0 Å². The lowest BCUT2D eigenvalue weighted by Gasteiger charge is -2.25. The van der Waals surface area contributed by atoms with Gasteiger partial charge in [0.1, 0.15) is 0 Å². The Labute approximate surface area is 98.8 Å². The Morgan fingerprint density at radius 3 is 2.44 bits per heavy atom. The predicted octanol–water partition coefficient (Wildman–Crippen LogP) is 2.19. The van der Waals surface area contributed by atoms with E-state index < -0.39 is 5.60 Å². The summed E-state index contributed by atoms with van der Waals surface area (Å²) in [6.07, 6.45) is 5.02. The zero-order valence-corrected chi connectivity index (χ0v) is 10.8. The Hall–Kier alpha value is -0.570. The van der Waals surface area contributed by atoms with Gasteiger partial charge in [0, 0.05) is 13.6 Å². The van der Waals surface area contributed by atoms with Gasteiger partial charge in [-0.2, -0.15) is 0 Å². The second-order valence-electron chi connectivity index (χ2n) is 5.61. The van der Waals surface area contributed by atoms with Gasteiger partial charge >= 0.3 is 0 Å². The molecular weight excluding hydrogens is 202 g/mol. The van der Waals surface area contributed by atoms with Crippen LogP contribution in [-0.2, 0) is 4.79 Å². The van der Waals surface area contributed by atoms with Crippen LogP contribution in [0.4, 0.5) is 0 Å². The van der Waals surface area contributed by atoms with Crippen molar-refractivity contribution in [2.24, 2.45) is 5.92 Å². The molecule has 0 aromatic carbocycles. The molecule has 3 heteroatoms. The van der Waals surface area contributed by atoms with Crippen molar-refractivity contribution in [1.82, 2.24) is 4.90 Å². The number of hydrogen-bond acceptors (Lipinski definition) is 2. The molecule has 94 valence electrons. The zero-order valence-electron chi connectivity index (χ0n) is 10.8. The van der Waals surface area contributed by atoms with Crippen LogP contribution in [0.1, 0.15) is 52.4 Å². The molecular formula is C13H25NO2. The lowest BCUT2D eigenvalue weighted by atomic mass is 9.97. The minimum atomic E-state index is -0.705. The van der Waals surface area contributed by atoms with Gasteiger partial charge in [0.05, 0.1) is 12.0 Å². The number of carbonyl (C=O) groups excluding carboxylic acids is 1. The highest BCUT2D eigenvalue weighted by atomic mass is 16.3. The quantitative estimate of drug-likeness (QED) is 0.782. The molecule has 0 bridgehead atoms. The van der Waals surface area contributed by atoms with Gasteiger partial charge in [-0.25, -0.2) is 0 Å². The number of carbonyl (C=O) groups is 1. The molecule has 1 aliphatic rings. The minimum Gasteiger partial charge on any atom is -0.389 e. The van der Waals surface area contributed by atoms with E-state index in [-0.39, 0.29) is 5.91 Å². The summed E-state index contributed by atoms with van der Waals surface area (Å²) in [5, 5.41) is 10.1. The third kappa shape index (κ3) is 4.12. The molecule has 0 radical (unpaired) electrons. The van der Waals surface area contributed by atoms with Crippen LogP contribution < -0.4 is 0 Å². The number of amides is 1. The third-order valence-electron chi connectivity index (χ3n) is 3.48. The molecule has 0 saturated heterocycles. The molecule has 0 atom stereocenters. The maximum atomic E-state index is 11.9. The maximum Gasteiger partial charge on any atom is 0.225 e. The van der Waals surface area contributed by atoms with E-state index in [1.54, 1.807) is 4.90 Å². The van der Waals surface area contributed by atoms with Gasteiger partial charge in [0.25, 0.3) is 0 Å². The van der Waals surface area contributed by atoms with E-state index >= 15 is 0 Å². The molecule has 0 heterocycles. The summed E-state index contributed by atoms with van der Waals surface area (Å²) in [6, 6.07) is 0. The molecule has 3 nitrogen and oxygen atoms in total. The van der Waals surface area contributed by atoms with E-state index in [0.717, 1.165) is 38.6 Å². The summed E-state index contributed by atoms with van der Waals surface area (Å²) in [7, 11) is 1.84. The van der Waals surface area contributed by atoms with Crippen LogP contribution >= 0.6 is 0 Å². The largest absolute Gasteiger partial charge is 0.389 e. The van der Waals surface area contributed by atoms with Crippen molar-refractivity contribution in [1.29, 1.82) is 0 Å². The van der Waals surface area contributed by atoms with Gasteiger partial charge in [0.2, 0.25) is 5.91 Å². The molecule has 1 rings (SSSR count). The second-order valence-corrected chi connectivity index (χ2v) is 5.61. The fourth-order valence-electron chi connectivity index (χ4n) is 2.20. The molecule has 0 aromatic rings. The van der Waals surface area contributed by atoms with E-state index in [9.17, 15) is 9.90 Å². The Bertz CT molecular complexity index is 232. The molecule has 1 aliphatic carbocycles. The molecule has 0 aromatic heterocycles. The minimum absolute atomic E-state index is 0.0880. The smallest absolute Gasteiger partial charge is 0.225 e. The van der Waals surface area contributed by atoms with Crippen molar-refractivity contribution in [3.05, 3.63) is 0 Å². The van der Waals surface area contributed by atoms with E-state index in [4.69, 9.17) is 0 Å². The lowest BCUT2D eigenvalue weighted by molar-refractivity contribution is -0.135. The van der Waals surface area contributed by atoms with Crippen LogP contribution in [0.15, 0.2) is 0 Å². The molecule has 1 N–H and O–H groups in total. The molecule has 1 saturated carbocycles. The molecule has 1 fully saturated rings. The fraction of sp³-hybridized carbons (Fsp3) is 0.923. The first-order chi connectivity index (χ1) is 7.43. The number of rotatable bonds is 5. The first-order valence-corrected chi connectivity index (χ1v) is 6.39. The Kier molecular flexibility index (Phi) is 4.78. The average molecular weight is 227 g/mol. The Morgan fingerprint density at radius 2 is 1.94 bits per heavy atom. The average Bonchev–Trinajstić information content (AvgIpc) is 2.61. The maximum absolute atomic E-state index is 11.9. The van der Waals surface area contributed by atoms with Crippen molar-refractivity contribution in [2.75, 3.05) is 13.6 Å². The summed E-state index contributed by atoms with van der Waals surface area (Å²) >= 11 is 0. The van der Waals surface area contributed by atoms with E-state index in [1.807, 2.05) is 7.05 Å². The molecule has 0 spiro atoms. The number of hydrogen-bond donors (Lipinski definition) is 1. The summed E-state index contributed by atoms with van der Waals surface area (Å²) in [6.45, 7) is 5.11. The van der Waals surface area contributed by atoms with Crippen molar-refractivity contribution in [3.8, 4) is 0 Å². The molecule has 0 aliphatic heterocycles. The zero-order chi connectivity index (χ0) is 12.2. The molecule has 16 heavy (non-hydrogen) atoms. The third-order valence-corrected chi connectivity index (χ3v) is 3.48. The molecule has 0 unspecified atom stereocenters. The Balaban J connectivity index is 2.33.